The first-order valence-corrected chi connectivity index (χ1v) is 9.97. The SMILES string of the molecule is Cc1cc(C)c2c(NC[C@@H]3CCCN(S(C)(=O)=O)C3)ncnc2n1. The second kappa shape index (κ2) is 6.60. The highest BCUT2D eigenvalue weighted by molar-refractivity contribution is 7.88. The highest BCUT2D eigenvalue weighted by Crippen LogP contribution is 2.24. The second-order valence-electron chi connectivity index (χ2n) is 6.51. The van der Waals surface area contributed by atoms with E-state index in [1.165, 1.54) is 12.6 Å². The van der Waals surface area contributed by atoms with Gasteiger partial charge in [0.05, 0.1) is 11.6 Å². The molecule has 7 nitrogen and oxygen atoms in total. The fourth-order valence-electron chi connectivity index (χ4n) is 3.28. The molecule has 0 saturated carbocycles. The molecule has 8 heteroatoms. The Hall–Kier alpha value is -1.80. The minimum Gasteiger partial charge on any atom is -0.369 e. The first-order chi connectivity index (χ1) is 11.3. The molecule has 2 aromatic rings. The molecule has 1 fully saturated rings. The van der Waals surface area contributed by atoms with Crippen LogP contribution in [0.3, 0.4) is 0 Å². The fourth-order valence-corrected chi connectivity index (χ4v) is 4.22. The van der Waals surface area contributed by atoms with Gasteiger partial charge in [0.1, 0.15) is 12.1 Å². The van der Waals surface area contributed by atoms with Crippen LogP contribution in [0.1, 0.15) is 24.1 Å². The molecule has 0 aromatic carbocycles. The van der Waals surface area contributed by atoms with Gasteiger partial charge in [0, 0.05) is 25.3 Å². The summed E-state index contributed by atoms with van der Waals surface area (Å²) in [7, 11) is -3.12. The lowest BCUT2D eigenvalue weighted by Gasteiger charge is -2.31. The highest BCUT2D eigenvalue weighted by Gasteiger charge is 2.25. The third-order valence-electron chi connectivity index (χ3n) is 4.44. The molecule has 0 spiro atoms. The van der Waals surface area contributed by atoms with Gasteiger partial charge in [-0.15, -0.1) is 0 Å². The van der Waals surface area contributed by atoms with E-state index in [4.69, 9.17) is 0 Å². The Labute approximate surface area is 142 Å². The van der Waals surface area contributed by atoms with Gasteiger partial charge < -0.3 is 5.32 Å². The zero-order valence-electron chi connectivity index (χ0n) is 14.3. The van der Waals surface area contributed by atoms with E-state index in [1.807, 2.05) is 19.9 Å². The van der Waals surface area contributed by atoms with E-state index in [-0.39, 0.29) is 5.92 Å². The molecular weight excluding hydrogens is 326 g/mol. The zero-order valence-corrected chi connectivity index (χ0v) is 15.1. The molecule has 0 radical (unpaired) electrons. The summed E-state index contributed by atoms with van der Waals surface area (Å²) in [5.41, 5.74) is 2.70. The normalized spacial score (nSPS) is 19.5. The van der Waals surface area contributed by atoms with Gasteiger partial charge in [-0.25, -0.2) is 27.7 Å². The Bertz CT molecular complexity index is 853. The van der Waals surface area contributed by atoms with Crippen LogP contribution in [0.5, 0.6) is 0 Å². The predicted octanol–water partition coefficient (Wildman–Crippen LogP) is 1.73. The van der Waals surface area contributed by atoms with Crippen LogP contribution in [0.15, 0.2) is 12.4 Å². The molecule has 1 saturated heterocycles. The fraction of sp³-hybridized carbons (Fsp3) is 0.562. The van der Waals surface area contributed by atoms with Crippen LogP contribution in [0.4, 0.5) is 5.82 Å². The first kappa shape index (κ1) is 17.0. The molecule has 3 rings (SSSR count). The van der Waals surface area contributed by atoms with Crippen LogP contribution in [0.25, 0.3) is 11.0 Å². The molecule has 1 aliphatic heterocycles. The van der Waals surface area contributed by atoms with Crippen molar-refractivity contribution >= 4 is 26.9 Å². The second-order valence-corrected chi connectivity index (χ2v) is 8.49. The van der Waals surface area contributed by atoms with Crippen LogP contribution < -0.4 is 5.32 Å². The minimum absolute atomic E-state index is 0.275. The van der Waals surface area contributed by atoms with Crippen molar-refractivity contribution in [3.63, 3.8) is 0 Å². The third-order valence-corrected chi connectivity index (χ3v) is 5.71. The zero-order chi connectivity index (χ0) is 17.3. The van der Waals surface area contributed by atoms with Crippen molar-refractivity contribution in [1.29, 1.82) is 0 Å². The number of nitrogens with one attached hydrogen (secondary N) is 1. The largest absolute Gasteiger partial charge is 0.369 e. The van der Waals surface area contributed by atoms with E-state index in [0.29, 0.717) is 25.3 Å². The Balaban J connectivity index is 1.77. The van der Waals surface area contributed by atoms with Crippen molar-refractivity contribution < 1.29 is 8.42 Å². The van der Waals surface area contributed by atoms with Gasteiger partial charge >= 0.3 is 0 Å². The third kappa shape index (κ3) is 3.64. The molecule has 0 bridgehead atoms. The number of nitrogens with zero attached hydrogens (tertiary/aromatic N) is 4. The topological polar surface area (TPSA) is 88.1 Å². The maximum absolute atomic E-state index is 11.7. The molecule has 0 aliphatic carbocycles. The Morgan fingerprint density at radius 2 is 2.12 bits per heavy atom. The van der Waals surface area contributed by atoms with E-state index in [1.54, 1.807) is 4.31 Å². The van der Waals surface area contributed by atoms with Gasteiger partial charge in [-0.2, -0.15) is 0 Å². The molecule has 2 aromatic heterocycles. The summed E-state index contributed by atoms with van der Waals surface area (Å²) in [5.74, 6) is 1.04. The van der Waals surface area contributed by atoms with Gasteiger partial charge in [0.15, 0.2) is 5.65 Å². The monoisotopic (exact) mass is 349 g/mol. The number of rotatable bonds is 4. The van der Waals surface area contributed by atoms with E-state index >= 15 is 0 Å². The number of fused-ring (bicyclic) bond motifs is 1. The molecule has 1 N–H and O–H groups in total. The average Bonchev–Trinajstić information content (AvgIpc) is 2.51. The molecular formula is C16H23N5O2S. The smallest absolute Gasteiger partial charge is 0.211 e. The van der Waals surface area contributed by atoms with Crippen molar-refractivity contribution in [2.75, 3.05) is 31.2 Å². The lowest BCUT2D eigenvalue weighted by Crippen LogP contribution is -2.41. The molecule has 1 aliphatic rings. The summed E-state index contributed by atoms with van der Waals surface area (Å²) >= 11 is 0. The Morgan fingerprint density at radius 3 is 2.88 bits per heavy atom. The van der Waals surface area contributed by atoms with Crippen LogP contribution in [0.2, 0.25) is 0 Å². The van der Waals surface area contributed by atoms with Crippen LogP contribution in [-0.4, -0.2) is 53.6 Å². The standard InChI is InChI=1S/C16H23N5O2S/c1-11-7-12(2)20-16-14(11)15(18-10-19-16)17-8-13-5-4-6-21(9-13)24(3,22)23/h7,10,13H,4-6,8-9H2,1-3H3,(H,17,18,19,20)/t13-/m0/s1. The quantitative estimate of drug-likeness (QED) is 0.904. The van der Waals surface area contributed by atoms with Crippen molar-refractivity contribution in [1.82, 2.24) is 19.3 Å². The molecule has 130 valence electrons. The summed E-state index contributed by atoms with van der Waals surface area (Å²) in [6.07, 6.45) is 4.69. The lowest BCUT2D eigenvalue weighted by molar-refractivity contribution is 0.276. The number of hydrogen-bond acceptors (Lipinski definition) is 6. The van der Waals surface area contributed by atoms with Crippen molar-refractivity contribution in [3.8, 4) is 0 Å². The Morgan fingerprint density at radius 1 is 1.33 bits per heavy atom. The molecule has 3 heterocycles. The highest BCUT2D eigenvalue weighted by atomic mass is 32.2. The number of hydrogen-bond donors (Lipinski definition) is 1. The summed E-state index contributed by atoms with van der Waals surface area (Å²) < 4.78 is 25.0. The average molecular weight is 349 g/mol. The van der Waals surface area contributed by atoms with E-state index in [9.17, 15) is 8.42 Å². The number of piperidine rings is 1. The number of anilines is 1. The number of pyridine rings is 1. The maximum Gasteiger partial charge on any atom is 0.211 e. The van der Waals surface area contributed by atoms with Crippen LogP contribution >= 0.6 is 0 Å². The molecule has 0 unspecified atom stereocenters. The van der Waals surface area contributed by atoms with E-state index in [2.05, 4.69) is 20.3 Å². The van der Waals surface area contributed by atoms with Crippen LogP contribution in [0, 0.1) is 19.8 Å². The van der Waals surface area contributed by atoms with Crippen molar-refractivity contribution in [3.05, 3.63) is 23.7 Å². The summed E-state index contributed by atoms with van der Waals surface area (Å²) in [5, 5.41) is 4.31. The maximum atomic E-state index is 11.7. The van der Waals surface area contributed by atoms with Crippen molar-refractivity contribution in [2.45, 2.75) is 26.7 Å². The summed E-state index contributed by atoms with van der Waals surface area (Å²) in [6.45, 7) is 5.84. The van der Waals surface area contributed by atoms with Gasteiger partial charge in [0.25, 0.3) is 0 Å². The predicted molar refractivity (Wildman–Crippen MR) is 94.4 cm³/mol. The molecule has 0 amide bonds. The van der Waals surface area contributed by atoms with Crippen molar-refractivity contribution in [2.24, 2.45) is 5.92 Å². The molecule has 24 heavy (non-hydrogen) atoms. The number of sulfonamides is 1. The lowest BCUT2D eigenvalue weighted by atomic mass is 9.99. The number of aromatic nitrogens is 3. The van der Waals surface area contributed by atoms with E-state index in [0.717, 1.165) is 35.3 Å². The Kier molecular flexibility index (Phi) is 4.69. The number of aryl methyl sites for hydroxylation is 2. The van der Waals surface area contributed by atoms with Crippen LogP contribution in [-0.2, 0) is 10.0 Å². The first-order valence-electron chi connectivity index (χ1n) is 8.12. The van der Waals surface area contributed by atoms with E-state index < -0.39 is 10.0 Å². The molecule has 1 atom stereocenters. The van der Waals surface area contributed by atoms with Gasteiger partial charge in [-0.3, -0.25) is 0 Å². The minimum atomic E-state index is -3.12. The van der Waals surface area contributed by atoms with Gasteiger partial charge in [-0.05, 0) is 44.2 Å². The summed E-state index contributed by atoms with van der Waals surface area (Å²) in [6, 6.07) is 2.02. The summed E-state index contributed by atoms with van der Waals surface area (Å²) in [4.78, 5) is 13.1. The van der Waals surface area contributed by atoms with Gasteiger partial charge in [-0.1, -0.05) is 0 Å². The van der Waals surface area contributed by atoms with Gasteiger partial charge in [0.2, 0.25) is 10.0 Å².